The van der Waals surface area contributed by atoms with Crippen molar-refractivity contribution in [2.45, 2.75) is 76.3 Å². The number of halogens is 12. The van der Waals surface area contributed by atoms with Crippen LogP contribution in [0.5, 0.6) is 0 Å². The average molecular weight is 769 g/mol. The SMILES string of the molecule is CC(C)[Si](C1=Cc2c(cccc2-c2cc(C(F)(F)F)cc(C(F)(F)F)c2)C1)(C1=Cc2c(cccc2-c2cc(C(F)(F)F)cc(C(F)(F)F)c2)C1)C(C)C. The van der Waals surface area contributed by atoms with Crippen LogP contribution in [0.1, 0.15) is 72.2 Å². The van der Waals surface area contributed by atoms with Gasteiger partial charge in [0, 0.05) is 0 Å². The molecule has 2 aliphatic carbocycles. The highest BCUT2D eigenvalue weighted by Gasteiger charge is 2.49. The molecule has 0 spiro atoms. The van der Waals surface area contributed by atoms with Crippen molar-refractivity contribution in [1.29, 1.82) is 0 Å². The van der Waals surface area contributed by atoms with Gasteiger partial charge in [-0.25, -0.2) is 0 Å². The summed E-state index contributed by atoms with van der Waals surface area (Å²) < 4.78 is 166. The number of benzene rings is 4. The molecule has 0 heterocycles. The molecule has 0 aromatic heterocycles. The molecular formula is C40H32F12Si. The third-order valence-electron chi connectivity index (χ3n) is 10.5. The van der Waals surface area contributed by atoms with E-state index >= 15 is 0 Å². The Morgan fingerprint density at radius 1 is 0.453 bits per heavy atom. The quantitative estimate of drug-likeness (QED) is 0.135. The fourth-order valence-electron chi connectivity index (χ4n) is 8.35. The van der Waals surface area contributed by atoms with Crippen LogP contribution in [0.25, 0.3) is 34.4 Å². The molecule has 0 aliphatic heterocycles. The van der Waals surface area contributed by atoms with Gasteiger partial charge >= 0.3 is 24.7 Å². The fraction of sp³-hybridized carbons (Fsp3) is 0.300. The lowest BCUT2D eigenvalue weighted by atomic mass is 9.94. The maximum atomic E-state index is 13.8. The lowest BCUT2D eigenvalue weighted by Crippen LogP contribution is -2.46. The Balaban J connectivity index is 1.51. The molecule has 0 atom stereocenters. The van der Waals surface area contributed by atoms with Gasteiger partial charge in [-0.15, -0.1) is 0 Å². The van der Waals surface area contributed by atoms with Gasteiger partial charge in [-0.05, 0) is 105 Å². The summed E-state index contributed by atoms with van der Waals surface area (Å²) in [6.07, 6.45) is -15.6. The van der Waals surface area contributed by atoms with E-state index in [1.54, 1.807) is 24.3 Å². The average Bonchev–Trinajstić information content (AvgIpc) is 3.67. The van der Waals surface area contributed by atoms with Gasteiger partial charge in [0.1, 0.15) is 8.07 Å². The van der Waals surface area contributed by atoms with E-state index in [-0.39, 0.29) is 45.5 Å². The number of hydrogen-bond donors (Lipinski definition) is 0. The first kappa shape index (κ1) is 38.5. The summed E-state index contributed by atoms with van der Waals surface area (Å²) in [6.45, 7) is 8.14. The Bertz CT molecular complexity index is 1920. The molecule has 0 saturated carbocycles. The van der Waals surface area contributed by atoms with E-state index in [9.17, 15) is 52.7 Å². The number of alkyl halides is 12. The van der Waals surface area contributed by atoms with Gasteiger partial charge in [-0.3, -0.25) is 0 Å². The van der Waals surface area contributed by atoms with E-state index < -0.39 is 55.0 Å². The predicted octanol–water partition coefficient (Wildman–Crippen LogP) is 14.0. The second-order valence-corrected chi connectivity index (χ2v) is 19.5. The van der Waals surface area contributed by atoms with Crippen molar-refractivity contribution >= 4 is 20.2 Å². The van der Waals surface area contributed by atoms with Crippen LogP contribution in [0.3, 0.4) is 0 Å². The van der Waals surface area contributed by atoms with Crippen LogP contribution in [-0.2, 0) is 37.5 Å². The number of hydrogen-bond acceptors (Lipinski definition) is 0. The molecular weight excluding hydrogens is 737 g/mol. The first-order valence-corrected chi connectivity index (χ1v) is 18.8. The Kier molecular flexibility index (Phi) is 9.40. The maximum Gasteiger partial charge on any atom is 0.416 e. The van der Waals surface area contributed by atoms with Crippen LogP contribution in [0, 0.1) is 0 Å². The number of fused-ring (bicyclic) bond motifs is 2. The van der Waals surface area contributed by atoms with Crippen LogP contribution in [-0.4, -0.2) is 8.07 Å². The van der Waals surface area contributed by atoms with Crippen LogP contribution >= 0.6 is 0 Å². The molecule has 280 valence electrons. The smallest absolute Gasteiger partial charge is 0.166 e. The first-order valence-electron chi connectivity index (χ1n) is 16.7. The third-order valence-corrected chi connectivity index (χ3v) is 16.9. The molecule has 0 radical (unpaired) electrons. The van der Waals surface area contributed by atoms with E-state index in [1.165, 1.54) is 12.1 Å². The summed E-state index contributed by atoms with van der Waals surface area (Å²) in [5.41, 5.74) is -3.32. The van der Waals surface area contributed by atoms with Crippen LogP contribution < -0.4 is 0 Å². The molecule has 4 aromatic carbocycles. The van der Waals surface area contributed by atoms with E-state index in [2.05, 4.69) is 0 Å². The van der Waals surface area contributed by atoms with Crippen molar-refractivity contribution in [3.05, 3.63) is 128 Å². The van der Waals surface area contributed by atoms with Gasteiger partial charge in [0.25, 0.3) is 0 Å². The van der Waals surface area contributed by atoms with Crippen LogP contribution in [0.15, 0.2) is 83.2 Å². The number of rotatable bonds is 6. The minimum absolute atomic E-state index is 0.00805. The Labute approximate surface area is 298 Å². The van der Waals surface area contributed by atoms with Gasteiger partial charge in [-0.1, -0.05) is 86.6 Å². The van der Waals surface area contributed by atoms with Gasteiger partial charge in [0.2, 0.25) is 0 Å². The first-order chi connectivity index (χ1) is 24.4. The molecule has 0 amide bonds. The van der Waals surface area contributed by atoms with Crippen molar-refractivity contribution < 1.29 is 52.7 Å². The van der Waals surface area contributed by atoms with Gasteiger partial charge in [0.15, 0.2) is 0 Å². The monoisotopic (exact) mass is 768 g/mol. The van der Waals surface area contributed by atoms with Crippen molar-refractivity contribution in [3.8, 4) is 22.3 Å². The molecule has 13 heteroatoms. The summed E-state index contributed by atoms with van der Waals surface area (Å²) in [4.78, 5) is 0. The molecule has 0 fully saturated rings. The largest absolute Gasteiger partial charge is 0.416 e. The van der Waals surface area contributed by atoms with Gasteiger partial charge < -0.3 is 0 Å². The summed E-state index contributed by atoms with van der Waals surface area (Å²) in [5.74, 6) is 0. The third kappa shape index (κ3) is 6.97. The minimum atomic E-state index is -5.03. The summed E-state index contributed by atoms with van der Waals surface area (Å²) in [7, 11) is -2.89. The summed E-state index contributed by atoms with van der Waals surface area (Å²) >= 11 is 0. The lowest BCUT2D eigenvalue weighted by molar-refractivity contribution is -0.144. The standard InChI is InChI=1S/C40H32F12Si/c1-21(2)53(22(3)4,31-15-23-7-5-9-33(35(23)19-31)25-11-27(37(41,42)43)17-28(12-25)38(44,45)46)32-16-24-8-6-10-34(36(24)20-32)26-13-29(39(47,48)49)18-30(14-26)40(50,51)52/h5-14,17-22H,15-16H2,1-4H3. The topological polar surface area (TPSA) is 0 Å². The molecule has 53 heavy (non-hydrogen) atoms. The predicted molar refractivity (Wildman–Crippen MR) is 183 cm³/mol. The van der Waals surface area contributed by atoms with E-state index in [1.807, 2.05) is 39.8 Å². The minimum Gasteiger partial charge on any atom is -0.166 e. The molecule has 0 saturated heterocycles. The van der Waals surface area contributed by atoms with Crippen LogP contribution in [0.2, 0.25) is 11.1 Å². The second-order valence-electron chi connectivity index (χ2n) is 14.2. The Morgan fingerprint density at radius 3 is 1.02 bits per heavy atom. The van der Waals surface area contributed by atoms with Gasteiger partial charge in [-0.2, -0.15) is 52.7 Å². The van der Waals surface area contributed by atoms with Crippen molar-refractivity contribution in [1.82, 2.24) is 0 Å². The highest BCUT2D eigenvalue weighted by Crippen LogP contribution is 2.53. The van der Waals surface area contributed by atoms with Crippen molar-refractivity contribution in [3.63, 3.8) is 0 Å². The van der Waals surface area contributed by atoms with E-state index in [0.717, 1.165) is 21.5 Å². The van der Waals surface area contributed by atoms with Gasteiger partial charge in [0.05, 0.1) is 22.3 Å². The zero-order valence-electron chi connectivity index (χ0n) is 28.7. The highest BCUT2D eigenvalue weighted by molar-refractivity contribution is 6.96. The molecule has 0 N–H and O–H groups in total. The molecule has 4 aromatic rings. The molecule has 0 bridgehead atoms. The molecule has 0 nitrogen and oxygen atoms in total. The molecule has 2 aliphatic rings. The van der Waals surface area contributed by atoms with E-state index in [0.29, 0.717) is 48.2 Å². The number of allylic oxidation sites excluding steroid dienone is 2. The summed E-state index contributed by atoms with van der Waals surface area (Å²) in [5, 5.41) is 1.96. The zero-order valence-corrected chi connectivity index (χ0v) is 29.7. The lowest BCUT2D eigenvalue weighted by Gasteiger charge is -2.42. The molecule has 0 unspecified atom stereocenters. The molecule has 6 rings (SSSR count). The van der Waals surface area contributed by atoms with E-state index in [4.69, 9.17) is 0 Å². The summed E-state index contributed by atoms with van der Waals surface area (Å²) in [6, 6.07) is 12.7. The van der Waals surface area contributed by atoms with Crippen LogP contribution in [0.4, 0.5) is 52.7 Å². The second kappa shape index (κ2) is 12.9. The zero-order chi connectivity index (χ0) is 39.1. The maximum absolute atomic E-state index is 13.8. The normalized spacial score (nSPS) is 15.2. The van der Waals surface area contributed by atoms with Crippen molar-refractivity contribution in [2.24, 2.45) is 0 Å². The Morgan fingerprint density at radius 2 is 0.755 bits per heavy atom. The fourth-order valence-corrected chi connectivity index (χ4v) is 14.8. The highest BCUT2D eigenvalue weighted by atomic mass is 28.3. The van der Waals surface area contributed by atoms with Crippen molar-refractivity contribution in [2.75, 3.05) is 0 Å². The Hall–Kier alpha value is -4.26.